The molecule has 0 heterocycles. The van der Waals surface area contributed by atoms with Crippen molar-refractivity contribution in [3.05, 3.63) is 68.7 Å². The molecule has 0 aromatic heterocycles. The van der Waals surface area contributed by atoms with E-state index in [9.17, 15) is 0 Å². The van der Waals surface area contributed by atoms with E-state index in [0.717, 1.165) is 22.3 Å². The largest absolute Gasteiger partial charge is 0.126 e. The highest BCUT2D eigenvalue weighted by molar-refractivity contribution is 9.10. The van der Waals surface area contributed by atoms with E-state index in [1.165, 1.54) is 16.7 Å². The monoisotopic (exact) mass is 370 g/mol. The zero-order valence-electron chi connectivity index (χ0n) is 11.4. The first-order valence-electron chi connectivity index (χ1n) is 6.64. The van der Waals surface area contributed by atoms with Crippen molar-refractivity contribution in [3.8, 4) is 0 Å². The molecule has 1 atom stereocenters. The van der Waals surface area contributed by atoms with Crippen molar-refractivity contribution in [1.29, 1.82) is 0 Å². The maximum absolute atomic E-state index is 6.31. The zero-order valence-corrected chi connectivity index (χ0v) is 14.5. The molecule has 0 spiro atoms. The van der Waals surface area contributed by atoms with Gasteiger partial charge in [-0.25, -0.2) is 0 Å². The highest BCUT2D eigenvalue weighted by Crippen LogP contribution is 2.24. The van der Waals surface area contributed by atoms with Gasteiger partial charge < -0.3 is 0 Å². The Labute approximate surface area is 139 Å². The van der Waals surface area contributed by atoms with Crippen LogP contribution in [0.4, 0.5) is 0 Å². The molecule has 0 nitrogen and oxygen atoms in total. The third kappa shape index (κ3) is 4.51. The first kappa shape index (κ1) is 15.9. The van der Waals surface area contributed by atoms with Gasteiger partial charge in [-0.05, 0) is 60.6 Å². The van der Waals surface area contributed by atoms with Crippen LogP contribution in [-0.4, -0.2) is 5.88 Å². The van der Waals surface area contributed by atoms with Gasteiger partial charge in [-0.2, -0.15) is 0 Å². The summed E-state index contributed by atoms with van der Waals surface area (Å²) in [7, 11) is 0. The van der Waals surface area contributed by atoms with Gasteiger partial charge in [-0.1, -0.05) is 51.8 Å². The van der Waals surface area contributed by atoms with Crippen LogP contribution in [0.25, 0.3) is 0 Å². The third-order valence-corrected chi connectivity index (χ3v) is 4.69. The van der Waals surface area contributed by atoms with Gasteiger partial charge in [0.05, 0.1) is 0 Å². The van der Waals surface area contributed by atoms with Crippen molar-refractivity contribution in [2.24, 2.45) is 5.92 Å². The van der Waals surface area contributed by atoms with E-state index in [2.05, 4.69) is 59.3 Å². The first-order chi connectivity index (χ1) is 9.58. The molecule has 0 N–H and O–H groups in total. The highest BCUT2D eigenvalue weighted by atomic mass is 79.9. The molecule has 20 heavy (non-hydrogen) atoms. The summed E-state index contributed by atoms with van der Waals surface area (Å²) in [5, 5.41) is 0.843. The zero-order chi connectivity index (χ0) is 14.5. The van der Waals surface area contributed by atoms with Crippen molar-refractivity contribution in [1.82, 2.24) is 0 Å². The average molecular weight is 372 g/mol. The summed E-state index contributed by atoms with van der Waals surface area (Å²) in [6, 6.07) is 14.6. The molecule has 0 saturated heterocycles. The van der Waals surface area contributed by atoms with Crippen LogP contribution >= 0.6 is 39.1 Å². The third-order valence-electron chi connectivity index (χ3n) is 3.37. The second-order valence-electron chi connectivity index (χ2n) is 5.15. The summed E-state index contributed by atoms with van der Waals surface area (Å²) < 4.78 is 1.10. The molecule has 106 valence electrons. The normalized spacial score (nSPS) is 12.4. The lowest BCUT2D eigenvalue weighted by Crippen LogP contribution is -2.10. The number of rotatable bonds is 5. The van der Waals surface area contributed by atoms with Gasteiger partial charge in [0.25, 0.3) is 0 Å². The summed E-state index contributed by atoms with van der Waals surface area (Å²) in [4.78, 5) is 0. The van der Waals surface area contributed by atoms with Gasteiger partial charge in [-0.3, -0.25) is 0 Å². The molecule has 3 heteroatoms. The second-order valence-corrected chi connectivity index (χ2v) is 6.78. The standard InChI is InChI=1S/C17H17BrCl2/c1-12-2-5-15(17(20)8-12)10-14(11-19)9-13-3-6-16(18)7-4-13/h2-8,14H,9-11H2,1H3. The van der Waals surface area contributed by atoms with Crippen LogP contribution in [0.3, 0.4) is 0 Å². The van der Waals surface area contributed by atoms with Gasteiger partial charge in [-0.15, -0.1) is 11.6 Å². The molecule has 2 rings (SSSR count). The van der Waals surface area contributed by atoms with Crippen LogP contribution in [0.2, 0.25) is 5.02 Å². The molecule has 0 aliphatic carbocycles. The Morgan fingerprint density at radius 1 is 1.05 bits per heavy atom. The van der Waals surface area contributed by atoms with Crippen molar-refractivity contribution in [2.75, 3.05) is 5.88 Å². The average Bonchev–Trinajstić information content (AvgIpc) is 2.43. The van der Waals surface area contributed by atoms with E-state index in [-0.39, 0.29) is 0 Å². The summed E-state index contributed by atoms with van der Waals surface area (Å²) >= 11 is 15.9. The smallest absolute Gasteiger partial charge is 0.0440 e. The van der Waals surface area contributed by atoms with Crippen molar-refractivity contribution >= 4 is 39.1 Å². The van der Waals surface area contributed by atoms with Gasteiger partial charge in [0.2, 0.25) is 0 Å². The van der Waals surface area contributed by atoms with Crippen LogP contribution < -0.4 is 0 Å². The Hall–Kier alpha value is -0.500. The van der Waals surface area contributed by atoms with E-state index < -0.39 is 0 Å². The molecular weight excluding hydrogens is 355 g/mol. The maximum Gasteiger partial charge on any atom is 0.0440 e. The van der Waals surface area contributed by atoms with E-state index in [1.807, 2.05) is 6.07 Å². The Bertz CT molecular complexity index is 564. The number of aryl methyl sites for hydroxylation is 1. The van der Waals surface area contributed by atoms with Gasteiger partial charge in [0.15, 0.2) is 0 Å². The second kappa shape index (κ2) is 7.49. The van der Waals surface area contributed by atoms with Crippen molar-refractivity contribution in [2.45, 2.75) is 19.8 Å². The lowest BCUT2D eigenvalue weighted by atomic mass is 9.93. The lowest BCUT2D eigenvalue weighted by Gasteiger charge is -2.15. The SMILES string of the molecule is Cc1ccc(CC(CCl)Cc2ccc(Br)cc2)c(Cl)c1. The Morgan fingerprint density at radius 2 is 1.75 bits per heavy atom. The number of halogens is 3. The van der Waals surface area contributed by atoms with E-state index in [4.69, 9.17) is 23.2 Å². The molecule has 0 aliphatic rings. The predicted molar refractivity (Wildman–Crippen MR) is 91.9 cm³/mol. The van der Waals surface area contributed by atoms with E-state index in [0.29, 0.717) is 11.8 Å². The fourth-order valence-electron chi connectivity index (χ4n) is 2.26. The minimum absolute atomic E-state index is 0.401. The number of benzene rings is 2. The number of alkyl halides is 1. The van der Waals surface area contributed by atoms with Crippen LogP contribution in [0.15, 0.2) is 46.9 Å². The maximum atomic E-state index is 6.31. The van der Waals surface area contributed by atoms with Gasteiger partial charge in [0.1, 0.15) is 0 Å². The molecule has 0 radical (unpaired) electrons. The molecule has 2 aromatic rings. The Morgan fingerprint density at radius 3 is 2.35 bits per heavy atom. The molecule has 0 saturated carbocycles. The lowest BCUT2D eigenvalue weighted by molar-refractivity contribution is 0.584. The van der Waals surface area contributed by atoms with Crippen LogP contribution in [0.1, 0.15) is 16.7 Å². The van der Waals surface area contributed by atoms with Crippen LogP contribution in [0.5, 0.6) is 0 Å². The van der Waals surface area contributed by atoms with Crippen molar-refractivity contribution < 1.29 is 0 Å². The molecule has 0 bridgehead atoms. The predicted octanol–water partition coefficient (Wildman–Crippen LogP) is 6.05. The van der Waals surface area contributed by atoms with E-state index in [1.54, 1.807) is 0 Å². The number of hydrogen-bond acceptors (Lipinski definition) is 0. The molecule has 0 aliphatic heterocycles. The molecule has 0 amide bonds. The summed E-state index contributed by atoms with van der Waals surface area (Å²) in [6.45, 7) is 2.05. The summed E-state index contributed by atoms with van der Waals surface area (Å²) in [6.07, 6.45) is 1.89. The summed E-state index contributed by atoms with van der Waals surface area (Å²) in [5.41, 5.74) is 3.68. The van der Waals surface area contributed by atoms with Crippen LogP contribution in [0, 0.1) is 12.8 Å². The fourth-order valence-corrected chi connectivity index (χ4v) is 3.06. The highest BCUT2D eigenvalue weighted by Gasteiger charge is 2.12. The quantitative estimate of drug-likeness (QED) is 0.561. The number of hydrogen-bond donors (Lipinski definition) is 0. The van der Waals surface area contributed by atoms with E-state index >= 15 is 0 Å². The summed E-state index contributed by atoms with van der Waals surface area (Å²) in [5.74, 6) is 1.04. The van der Waals surface area contributed by atoms with Crippen molar-refractivity contribution in [3.63, 3.8) is 0 Å². The topological polar surface area (TPSA) is 0 Å². The molecule has 0 fully saturated rings. The molecular formula is C17H17BrCl2. The van der Waals surface area contributed by atoms with Gasteiger partial charge in [0, 0.05) is 15.4 Å². The minimum Gasteiger partial charge on any atom is -0.126 e. The van der Waals surface area contributed by atoms with Crippen LogP contribution in [-0.2, 0) is 12.8 Å². The molecule has 2 aromatic carbocycles. The van der Waals surface area contributed by atoms with Gasteiger partial charge >= 0.3 is 0 Å². The first-order valence-corrected chi connectivity index (χ1v) is 8.34. The Balaban J connectivity index is 2.07. The minimum atomic E-state index is 0.401. The fraction of sp³-hybridized carbons (Fsp3) is 0.294. The molecule has 1 unspecified atom stereocenters. The Kier molecular flexibility index (Phi) is 5.95.